The molecule has 0 aliphatic heterocycles. The highest BCUT2D eigenvalue weighted by Gasteiger charge is 2.30. The summed E-state index contributed by atoms with van der Waals surface area (Å²) in [5.41, 5.74) is 0. The van der Waals surface area contributed by atoms with Crippen LogP contribution in [-0.4, -0.2) is 96.7 Å². The van der Waals surface area contributed by atoms with E-state index in [2.05, 4.69) is 34.6 Å². The standard InChI is InChI=1S/C82H160O17P2/c1-6-9-12-15-18-21-24-25-26-27-28-32-35-38-42-46-51-56-61-66-80(85)93-72-78(99-82(87)68-63-58-53-48-43-39-36-33-30-29-31-34-37-41-44-49-54-59-64-75(4)5)74-97-101(90,91)95-70-76(83)69-94-100(88,89)96-73-77(71-92-79(84)65-60-55-50-45-23-20-17-14-11-8-3)98-81(86)67-62-57-52-47-40-22-19-16-13-10-7-2/h75-78,83H,6-74H2,1-5H3,(H,88,89)(H,90,91)/t76-,77+,78+/m0/s1. The normalized spacial score (nSPS) is 13.8. The molecule has 0 saturated carbocycles. The van der Waals surface area contributed by atoms with Crippen LogP contribution in [0.1, 0.15) is 439 Å². The Morgan fingerprint density at radius 3 is 0.673 bits per heavy atom. The second-order valence-corrected chi connectivity index (χ2v) is 32.9. The van der Waals surface area contributed by atoms with Gasteiger partial charge in [-0.25, -0.2) is 9.13 Å². The largest absolute Gasteiger partial charge is 0.472 e. The summed E-state index contributed by atoms with van der Waals surface area (Å²) in [6.07, 6.45) is 66.7. The molecule has 0 spiro atoms. The van der Waals surface area contributed by atoms with Crippen molar-refractivity contribution in [2.24, 2.45) is 5.92 Å². The number of carbonyl (C=O) groups is 4. The van der Waals surface area contributed by atoms with E-state index in [9.17, 15) is 43.2 Å². The Morgan fingerprint density at radius 1 is 0.267 bits per heavy atom. The van der Waals surface area contributed by atoms with Gasteiger partial charge in [-0.3, -0.25) is 37.3 Å². The van der Waals surface area contributed by atoms with Gasteiger partial charge in [0.25, 0.3) is 0 Å². The quantitative estimate of drug-likeness (QED) is 0.0222. The van der Waals surface area contributed by atoms with Crippen molar-refractivity contribution in [3.8, 4) is 0 Å². The van der Waals surface area contributed by atoms with E-state index in [1.807, 2.05) is 0 Å². The third-order valence-electron chi connectivity index (χ3n) is 19.3. The number of unbranched alkanes of at least 4 members (excludes halogenated alkanes) is 54. The number of hydrogen-bond acceptors (Lipinski definition) is 15. The van der Waals surface area contributed by atoms with Crippen LogP contribution in [0.3, 0.4) is 0 Å². The molecular formula is C82H160O17P2. The van der Waals surface area contributed by atoms with E-state index in [-0.39, 0.29) is 25.7 Å². The SMILES string of the molecule is CCCCCCCCCCCCCCCCCCCCCC(=O)OC[C@H](COP(=O)(O)OC[C@@H](O)COP(=O)(O)OC[C@@H](COC(=O)CCCCCCCCCCCC)OC(=O)CCCCCCCCCCCCC)OC(=O)CCCCCCCCCCCCCCCCCCCCC(C)C. The van der Waals surface area contributed by atoms with Gasteiger partial charge in [0.05, 0.1) is 26.4 Å². The van der Waals surface area contributed by atoms with Gasteiger partial charge in [0.2, 0.25) is 0 Å². The van der Waals surface area contributed by atoms with Crippen molar-refractivity contribution in [1.82, 2.24) is 0 Å². The Bertz CT molecular complexity index is 1930. The molecule has 0 radical (unpaired) electrons. The average molecular weight is 1480 g/mol. The molecule has 0 aromatic carbocycles. The van der Waals surface area contributed by atoms with Gasteiger partial charge in [0, 0.05) is 25.7 Å². The van der Waals surface area contributed by atoms with Crippen LogP contribution in [0.4, 0.5) is 0 Å². The second kappa shape index (κ2) is 74.9. The van der Waals surface area contributed by atoms with Gasteiger partial charge in [-0.1, -0.05) is 388 Å². The predicted molar refractivity (Wildman–Crippen MR) is 414 cm³/mol. The topological polar surface area (TPSA) is 237 Å². The second-order valence-electron chi connectivity index (χ2n) is 30.0. The molecule has 0 bridgehead atoms. The van der Waals surface area contributed by atoms with Crippen molar-refractivity contribution in [3.05, 3.63) is 0 Å². The molecule has 2 unspecified atom stereocenters. The fraction of sp³-hybridized carbons (Fsp3) is 0.951. The van der Waals surface area contributed by atoms with Gasteiger partial charge in [-0.05, 0) is 31.6 Å². The van der Waals surface area contributed by atoms with Crippen molar-refractivity contribution in [2.75, 3.05) is 39.6 Å². The number of esters is 4. The summed E-state index contributed by atoms with van der Waals surface area (Å²) >= 11 is 0. The molecule has 19 heteroatoms. The summed E-state index contributed by atoms with van der Waals surface area (Å²) in [6.45, 7) is 7.36. The summed E-state index contributed by atoms with van der Waals surface area (Å²) in [6, 6.07) is 0. The zero-order chi connectivity index (χ0) is 74.1. The van der Waals surface area contributed by atoms with Crippen LogP contribution < -0.4 is 0 Å². The fourth-order valence-electron chi connectivity index (χ4n) is 12.8. The van der Waals surface area contributed by atoms with Crippen LogP contribution in [0.2, 0.25) is 0 Å². The predicted octanol–water partition coefficient (Wildman–Crippen LogP) is 24.8. The van der Waals surface area contributed by atoms with Gasteiger partial charge in [-0.15, -0.1) is 0 Å². The molecule has 17 nitrogen and oxygen atoms in total. The maximum atomic E-state index is 13.1. The lowest BCUT2D eigenvalue weighted by atomic mass is 10.0. The first kappa shape index (κ1) is 99.1. The first-order valence-electron chi connectivity index (χ1n) is 42.6. The third kappa shape index (κ3) is 76.1. The van der Waals surface area contributed by atoms with E-state index in [1.54, 1.807) is 0 Å². The number of rotatable bonds is 82. The molecule has 0 aromatic heterocycles. The minimum absolute atomic E-state index is 0.108. The molecule has 0 saturated heterocycles. The number of phosphoric acid groups is 2. The highest BCUT2D eigenvalue weighted by atomic mass is 31.2. The van der Waals surface area contributed by atoms with Gasteiger partial charge in [-0.2, -0.15) is 0 Å². The Kier molecular flexibility index (Phi) is 73.5. The van der Waals surface area contributed by atoms with E-state index in [0.717, 1.165) is 95.8 Å². The molecule has 0 amide bonds. The Labute approximate surface area is 619 Å². The van der Waals surface area contributed by atoms with E-state index in [1.165, 1.54) is 263 Å². The Hall–Kier alpha value is -1.94. The molecule has 0 aliphatic rings. The summed E-state index contributed by atoms with van der Waals surface area (Å²) in [4.78, 5) is 73.0. The number of hydrogen-bond donors (Lipinski definition) is 3. The molecule has 0 fully saturated rings. The van der Waals surface area contributed by atoms with Crippen LogP contribution >= 0.6 is 15.6 Å². The first-order valence-corrected chi connectivity index (χ1v) is 45.6. The van der Waals surface area contributed by atoms with Gasteiger partial charge in [0.1, 0.15) is 19.3 Å². The molecule has 5 atom stereocenters. The lowest BCUT2D eigenvalue weighted by Gasteiger charge is -2.21. The smallest absolute Gasteiger partial charge is 0.462 e. The van der Waals surface area contributed by atoms with E-state index >= 15 is 0 Å². The summed E-state index contributed by atoms with van der Waals surface area (Å²) in [5, 5.41) is 10.6. The maximum Gasteiger partial charge on any atom is 0.472 e. The van der Waals surface area contributed by atoms with Crippen LogP contribution in [0.25, 0.3) is 0 Å². The van der Waals surface area contributed by atoms with Crippen LogP contribution in [0.5, 0.6) is 0 Å². The molecule has 0 aromatic rings. The van der Waals surface area contributed by atoms with Crippen molar-refractivity contribution in [2.45, 2.75) is 457 Å². The molecule has 0 heterocycles. The molecule has 600 valence electrons. The Morgan fingerprint density at radius 2 is 0.455 bits per heavy atom. The fourth-order valence-corrected chi connectivity index (χ4v) is 14.3. The van der Waals surface area contributed by atoms with Crippen molar-refractivity contribution < 1.29 is 80.2 Å². The monoisotopic (exact) mass is 1480 g/mol. The minimum atomic E-state index is -4.96. The van der Waals surface area contributed by atoms with Crippen molar-refractivity contribution in [1.29, 1.82) is 0 Å². The Balaban J connectivity index is 5.19. The van der Waals surface area contributed by atoms with Gasteiger partial charge in [0.15, 0.2) is 12.2 Å². The number of aliphatic hydroxyl groups excluding tert-OH is 1. The summed E-state index contributed by atoms with van der Waals surface area (Å²) in [5.74, 6) is -1.29. The van der Waals surface area contributed by atoms with Crippen LogP contribution in [-0.2, 0) is 65.4 Å². The highest BCUT2D eigenvalue weighted by molar-refractivity contribution is 7.47. The van der Waals surface area contributed by atoms with E-state index in [0.29, 0.717) is 25.7 Å². The number of carbonyl (C=O) groups excluding carboxylic acids is 4. The van der Waals surface area contributed by atoms with E-state index in [4.69, 9.17) is 37.0 Å². The molecule has 101 heavy (non-hydrogen) atoms. The van der Waals surface area contributed by atoms with Crippen LogP contribution in [0, 0.1) is 5.92 Å². The summed E-state index contributed by atoms with van der Waals surface area (Å²) < 4.78 is 68.7. The van der Waals surface area contributed by atoms with E-state index < -0.39 is 97.5 Å². The highest BCUT2D eigenvalue weighted by Crippen LogP contribution is 2.45. The summed E-state index contributed by atoms with van der Waals surface area (Å²) in [7, 11) is -9.92. The van der Waals surface area contributed by atoms with Gasteiger partial charge >= 0.3 is 39.5 Å². The number of aliphatic hydroxyl groups is 1. The zero-order valence-corrected chi connectivity index (χ0v) is 67.8. The first-order chi connectivity index (χ1) is 49.0. The molecule has 3 N–H and O–H groups in total. The maximum absolute atomic E-state index is 13.1. The lowest BCUT2D eigenvalue weighted by molar-refractivity contribution is -0.161. The average Bonchev–Trinajstić information content (AvgIpc) is 0.949. The molecular weight excluding hydrogens is 1320 g/mol. The molecule has 0 rings (SSSR count). The lowest BCUT2D eigenvalue weighted by Crippen LogP contribution is -2.30. The number of phosphoric ester groups is 2. The van der Waals surface area contributed by atoms with Crippen LogP contribution in [0.15, 0.2) is 0 Å². The van der Waals surface area contributed by atoms with Crippen molar-refractivity contribution in [3.63, 3.8) is 0 Å². The van der Waals surface area contributed by atoms with Gasteiger partial charge < -0.3 is 33.8 Å². The van der Waals surface area contributed by atoms with Crippen molar-refractivity contribution >= 4 is 39.5 Å². The zero-order valence-electron chi connectivity index (χ0n) is 66.1. The minimum Gasteiger partial charge on any atom is -0.462 e. The molecule has 0 aliphatic carbocycles. The number of ether oxygens (including phenoxy) is 4. The third-order valence-corrected chi connectivity index (χ3v) is 21.2.